The van der Waals surface area contributed by atoms with Crippen molar-refractivity contribution in [2.45, 2.75) is 19.9 Å². The van der Waals surface area contributed by atoms with Crippen LogP contribution in [0.1, 0.15) is 30.4 Å². The van der Waals surface area contributed by atoms with Crippen molar-refractivity contribution in [1.29, 1.82) is 0 Å². The second-order valence-corrected chi connectivity index (χ2v) is 5.70. The Kier molecular flexibility index (Phi) is 2.62. The van der Waals surface area contributed by atoms with E-state index in [4.69, 9.17) is 5.11 Å². The van der Waals surface area contributed by atoms with Gasteiger partial charge < -0.3 is 14.6 Å². The summed E-state index contributed by atoms with van der Waals surface area (Å²) >= 11 is 0. The molecule has 2 unspecified atom stereocenters. The van der Waals surface area contributed by atoms with Crippen LogP contribution in [0.3, 0.4) is 0 Å². The first-order valence-electron chi connectivity index (χ1n) is 6.54. The molecule has 1 aromatic rings. The van der Waals surface area contributed by atoms with Gasteiger partial charge in [-0.25, -0.2) is 4.98 Å². The zero-order chi connectivity index (χ0) is 13.7. The van der Waals surface area contributed by atoms with Crippen molar-refractivity contribution in [2.24, 2.45) is 17.8 Å². The summed E-state index contributed by atoms with van der Waals surface area (Å²) < 4.78 is 1.89. The number of carbonyl (C=O) groups is 2. The number of imidazole rings is 1. The molecule has 6 nitrogen and oxygen atoms in total. The summed E-state index contributed by atoms with van der Waals surface area (Å²) in [6, 6.07) is 0.275. The van der Waals surface area contributed by atoms with Crippen LogP contribution in [0.2, 0.25) is 0 Å². The van der Waals surface area contributed by atoms with Crippen LogP contribution < -0.4 is 0 Å². The monoisotopic (exact) mass is 263 g/mol. The van der Waals surface area contributed by atoms with Gasteiger partial charge in [0.1, 0.15) is 5.69 Å². The van der Waals surface area contributed by atoms with E-state index in [1.807, 2.05) is 18.4 Å². The van der Waals surface area contributed by atoms with E-state index in [0.717, 1.165) is 0 Å². The van der Waals surface area contributed by atoms with Crippen LogP contribution in [0.25, 0.3) is 0 Å². The number of carboxylic acid groups (broad SMARTS) is 1. The fourth-order valence-corrected chi connectivity index (χ4v) is 2.95. The standard InChI is InChI=1S/C13H17N3O3/c1-7(2)16-5-10(14-6-16)12(17)15-3-8-9(4-15)11(8)13(18)19/h5-9,11H,3-4H2,1-2H3,(H,18,19). The molecule has 1 saturated heterocycles. The predicted octanol–water partition coefficient (Wildman–Crippen LogP) is 0.867. The summed E-state index contributed by atoms with van der Waals surface area (Å²) in [5, 5.41) is 8.95. The average molecular weight is 263 g/mol. The largest absolute Gasteiger partial charge is 0.481 e. The minimum Gasteiger partial charge on any atom is -0.481 e. The molecule has 2 heterocycles. The van der Waals surface area contributed by atoms with E-state index in [2.05, 4.69) is 4.98 Å². The maximum absolute atomic E-state index is 12.2. The highest BCUT2D eigenvalue weighted by Crippen LogP contribution is 2.51. The highest BCUT2D eigenvalue weighted by molar-refractivity contribution is 5.92. The summed E-state index contributed by atoms with van der Waals surface area (Å²) in [7, 11) is 0. The summed E-state index contributed by atoms with van der Waals surface area (Å²) in [6.45, 7) is 5.15. The molecule has 1 amide bonds. The van der Waals surface area contributed by atoms with E-state index < -0.39 is 5.97 Å². The number of hydrogen-bond donors (Lipinski definition) is 1. The number of carboxylic acids is 1. The van der Waals surface area contributed by atoms with Crippen LogP contribution in [0.4, 0.5) is 0 Å². The van der Waals surface area contributed by atoms with Crippen molar-refractivity contribution in [1.82, 2.24) is 14.5 Å². The number of hydrogen-bond acceptors (Lipinski definition) is 3. The van der Waals surface area contributed by atoms with Gasteiger partial charge >= 0.3 is 5.97 Å². The third kappa shape index (κ3) is 1.91. The van der Waals surface area contributed by atoms with E-state index in [1.165, 1.54) is 0 Å². The van der Waals surface area contributed by atoms with Crippen LogP contribution in [0.5, 0.6) is 0 Å². The summed E-state index contributed by atoms with van der Waals surface area (Å²) in [6.07, 6.45) is 3.42. The van der Waals surface area contributed by atoms with Crippen LogP contribution >= 0.6 is 0 Å². The molecule has 0 spiro atoms. The van der Waals surface area contributed by atoms with Gasteiger partial charge in [-0.1, -0.05) is 0 Å². The quantitative estimate of drug-likeness (QED) is 0.877. The SMILES string of the molecule is CC(C)n1cnc(C(=O)N2CC3C(C2)C3C(=O)O)c1. The number of likely N-dealkylation sites (tertiary alicyclic amines) is 1. The Labute approximate surface area is 111 Å². The molecule has 0 radical (unpaired) electrons. The van der Waals surface area contributed by atoms with Crippen molar-refractivity contribution >= 4 is 11.9 Å². The van der Waals surface area contributed by atoms with E-state index in [1.54, 1.807) is 17.4 Å². The summed E-state index contributed by atoms with van der Waals surface area (Å²) in [5.74, 6) is -0.763. The van der Waals surface area contributed by atoms with Crippen molar-refractivity contribution in [3.63, 3.8) is 0 Å². The Morgan fingerprint density at radius 3 is 2.47 bits per heavy atom. The molecule has 1 N–H and O–H groups in total. The molecule has 1 aromatic heterocycles. The number of amides is 1. The second-order valence-electron chi connectivity index (χ2n) is 5.70. The third-order valence-corrected chi connectivity index (χ3v) is 4.18. The Balaban J connectivity index is 1.65. The lowest BCUT2D eigenvalue weighted by atomic mass is 10.2. The molecule has 2 atom stereocenters. The Morgan fingerprint density at radius 1 is 1.37 bits per heavy atom. The van der Waals surface area contributed by atoms with Gasteiger partial charge in [-0.2, -0.15) is 0 Å². The normalized spacial score (nSPS) is 28.6. The smallest absolute Gasteiger partial charge is 0.307 e. The topological polar surface area (TPSA) is 75.4 Å². The molecule has 102 valence electrons. The minimum absolute atomic E-state index is 0.0873. The molecule has 3 rings (SSSR count). The lowest BCUT2D eigenvalue weighted by Crippen LogP contribution is -2.32. The zero-order valence-electron chi connectivity index (χ0n) is 11.0. The molecule has 19 heavy (non-hydrogen) atoms. The number of aromatic nitrogens is 2. The molecule has 2 fully saturated rings. The van der Waals surface area contributed by atoms with Crippen LogP contribution in [-0.2, 0) is 4.79 Å². The van der Waals surface area contributed by atoms with Gasteiger partial charge in [0.15, 0.2) is 0 Å². The Morgan fingerprint density at radius 2 is 2.00 bits per heavy atom. The summed E-state index contributed by atoms with van der Waals surface area (Å²) in [4.78, 5) is 29.0. The average Bonchev–Trinajstić information content (AvgIpc) is 2.79. The third-order valence-electron chi connectivity index (χ3n) is 4.18. The number of nitrogens with zero attached hydrogens (tertiary/aromatic N) is 3. The highest BCUT2D eigenvalue weighted by Gasteiger charge is 2.60. The van der Waals surface area contributed by atoms with Crippen LogP contribution in [0.15, 0.2) is 12.5 Å². The predicted molar refractivity (Wildman–Crippen MR) is 66.6 cm³/mol. The molecule has 2 aliphatic rings. The van der Waals surface area contributed by atoms with E-state index >= 15 is 0 Å². The number of aliphatic carboxylic acids is 1. The first-order valence-corrected chi connectivity index (χ1v) is 6.54. The molecule has 0 bridgehead atoms. The van der Waals surface area contributed by atoms with E-state index in [-0.39, 0.29) is 29.7 Å². The van der Waals surface area contributed by atoms with Crippen molar-refractivity contribution in [3.05, 3.63) is 18.2 Å². The molecule has 0 aromatic carbocycles. The molecular formula is C13H17N3O3. The minimum atomic E-state index is -0.730. The van der Waals surface area contributed by atoms with Gasteiger partial charge in [0.25, 0.3) is 5.91 Å². The highest BCUT2D eigenvalue weighted by atomic mass is 16.4. The molecular weight excluding hydrogens is 246 g/mol. The first kappa shape index (κ1) is 12.2. The molecule has 6 heteroatoms. The van der Waals surface area contributed by atoms with Crippen LogP contribution in [0, 0.1) is 17.8 Å². The summed E-state index contributed by atoms with van der Waals surface area (Å²) in [5.41, 5.74) is 0.446. The fraction of sp³-hybridized carbons (Fsp3) is 0.615. The van der Waals surface area contributed by atoms with Gasteiger partial charge in [0.2, 0.25) is 0 Å². The van der Waals surface area contributed by atoms with Gasteiger partial charge in [0, 0.05) is 25.3 Å². The Bertz CT molecular complexity index is 525. The van der Waals surface area contributed by atoms with Gasteiger partial charge in [-0.15, -0.1) is 0 Å². The van der Waals surface area contributed by atoms with Gasteiger partial charge in [0.05, 0.1) is 12.2 Å². The van der Waals surface area contributed by atoms with Gasteiger partial charge in [-0.3, -0.25) is 9.59 Å². The van der Waals surface area contributed by atoms with E-state index in [0.29, 0.717) is 18.8 Å². The van der Waals surface area contributed by atoms with Crippen molar-refractivity contribution in [3.8, 4) is 0 Å². The lowest BCUT2D eigenvalue weighted by molar-refractivity contribution is -0.139. The number of carbonyl (C=O) groups excluding carboxylic acids is 1. The second kappa shape index (κ2) is 4.08. The maximum atomic E-state index is 12.2. The Hall–Kier alpha value is -1.85. The first-order chi connectivity index (χ1) is 8.99. The zero-order valence-corrected chi connectivity index (χ0v) is 11.0. The van der Waals surface area contributed by atoms with Crippen LogP contribution in [-0.4, -0.2) is 44.5 Å². The maximum Gasteiger partial charge on any atom is 0.307 e. The van der Waals surface area contributed by atoms with Crippen molar-refractivity contribution < 1.29 is 14.7 Å². The number of rotatable bonds is 3. The van der Waals surface area contributed by atoms with E-state index in [9.17, 15) is 9.59 Å². The molecule has 1 aliphatic carbocycles. The molecule has 1 saturated carbocycles. The molecule has 1 aliphatic heterocycles. The lowest BCUT2D eigenvalue weighted by Gasteiger charge is -2.17. The number of piperidine rings is 1. The number of fused-ring (bicyclic) bond motifs is 1. The fourth-order valence-electron chi connectivity index (χ4n) is 2.95. The van der Waals surface area contributed by atoms with Gasteiger partial charge in [-0.05, 0) is 25.7 Å². The van der Waals surface area contributed by atoms with Crippen molar-refractivity contribution in [2.75, 3.05) is 13.1 Å².